The molecule has 1 aromatic heterocycles. The zero-order valence-electron chi connectivity index (χ0n) is 9.03. The fourth-order valence-electron chi connectivity index (χ4n) is 1.04. The quantitative estimate of drug-likeness (QED) is 0.758. The maximum Gasteiger partial charge on any atom is 0.226 e. The Labute approximate surface area is 89.3 Å². The molecule has 0 radical (unpaired) electrons. The zero-order valence-corrected chi connectivity index (χ0v) is 9.03. The molecule has 0 bridgehead atoms. The Morgan fingerprint density at radius 1 is 1.53 bits per heavy atom. The first-order chi connectivity index (χ1) is 6.97. The summed E-state index contributed by atoms with van der Waals surface area (Å²) in [6.07, 6.45) is 1.90. The minimum atomic E-state index is -0.875. The summed E-state index contributed by atoms with van der Waals surface area (Å²) in [6, 6.07) is 5.44. The minimum Gasteiger partial charge on any atom is -0.389 e. The Hall–Kier alpha value is -1.42. The van der Waals surface area contributed by atoms with Gasteiger partial charge in [-0.05, 0) is 26.0 Å². The first-order valence-electron chi connectivity index (χ1n) is 4.86. The molecule has 0 fully saturated rings. The van der Waals surface area contributed by atoms with E-state index in [-0.39, 0.29) is 18.9 Å². The summed E-state index contributed by atoms with van der Waals surface area (Å²) in [5, 5.41) is 12.0. The van der Waals surface area contributed by atoms with Gasteiger partial charge in [-0.25, -0.2) is 0 Å². The van der Waals surface area contributed by atoms with Crippen molar-refractivity contribution in [2.75, 3.05) is 6.54 Å². The highest BCUT2D eigenvalue weighted by Gasteiger charge is 2.13. The topological polar surface area (TPSA) is 62.2 Å². The Kier molecular flexibility index (Phi) is 3.80. The average molecular weight is 208 g/mol. The lowest BCUT2D eigenvalue weighted by Gasteiger charge is -2.17. The van der Waals surface area contributed by atoms with Gasteiger partial charge in [-0.3, -0.25) is 9.78 Å². The molecule has 0 aliphatic heterocycles. The van der Waals surface area contributed by atoms with Crippen LogP contribution >= 0.6 is 0 Å². The molecule has 0 aromatic carbocycles. The van der Waals surface area contributed by atoms with Gasteiger partial charge in [-0.15, -0.1) is 0 Å². The number of rotatable bonds is 4. The predicted octanol–water partition coefficient (Wildman–Crippen LogP) is 0.511. The first-order valence-corrected chi connectivity index (χ1v) is 4.86. The normalized spacial score (nSPS) is 11.1. The largest absolute Gasteiger partial charge is 0.389 e. The number of pyridine rings is 1. The van der Waals surface area contributed by atoms with Gasteiger partial charge in [0, 0.05) is 18.4 Å². The van der Waals surface area contributed by atoms with Gasteiger partial charge in [-0.1, -0.05) is 6.07 Å². The van der Waals surface area contributed by atoms with Crippen LogP contribution in [0, 0.1) is 0 Å². The third-order valence-electron chi connectivity index (χ3n) is 1.79. The van der Waals surface area contributed by atoms with E-state index in [1.54, 1.807) is 32.2 Å². The summed E-state index contributed by atoms with van der Waals surface area (Å²) >= 11 is 0. The molecule has 4 nitrogen and oxygen atoms in total. The number of hydrogen-bond donors (Lipinski definition) is 2. The summed E-state index contributed by atoms with van der Waals surface area (Å²) in [5.41, 5.74) is -0.148. The molecule has 2 N–H and O–H groups in total. The van der Waals surface area contributed by atoms with Crippen LogP contribution in [-0.2, 0) is 11.2 Å². The van der Waals surface area contributed by atoms with Gasteiger partial charge >= 0.3 is 0 Å². The highest BCUT2D eigenvalue weighted by Crippen LogP contribution is 1.98. The predicted molar refractivity (Wildman–Crippen MR) is 57.2 cm³/mol. The zero-order chi connectivity index (χ0) is 11.3. The van der Waals surface area contributed by atoms with E-state index < -0.39 is 5.60 Å². The molecule has 82 valence electrons. The van der Waals surface area contributed by atoms with E-state index in [1.807, 2.05) is 6.07 Å². The van der Waals surface area contributed by atoms with Gasteiger partial charge < -0.3 is 10.4 Å². The van der Waals surface area contributed by atoms with E-state index in [0.29, 0.717) is 0 Å². The van der Waals surface area contributed by atoms with Crippen LogP contribution in [0.15, 0.2) is 24.4 Å². The highest BCUT2D eigenvalue weighted by atomic mass is 16.3. The molecule has 0 saturated heterocycles. The van der Waals surface area contributed by atoms with Crippen LogP contribution < -0.4 is 5.32 Å². The lowest BCUT2D eigenvalue weighted by atomic mass is 10.1. The summed E-state index contributed by atoms with van der Waals surface area (Å²) in [6.45, 7) is 3.54. The maximum atomic E-state index is 11.4. The highest BCUT2D eigenvalue weighted by molar-refractivity contribution is 5.78. The average Bonchev–Trinajstić information content (AvgIpc) is 2.15. The second kappa shape index (κ2) is 4.89. The van der Waals surface area contributed by atoms with Gasteiger partial charge in [0.15, 0.2) is 0 Å². The van der Waals surface area contributed by atoms with E-state index in [9.17, 15) is 9.90 Å². The monoisotopic (exact) mass is 208 g/mol. The van der Waals surface area contributed by atoms with Gasteiger partial charge in [0.05, 0.1) is 12.0 Å². The van der Waals surface area contributed by atoms with Gasteiger partial charge in [0.1, 0.15) is 0 Å². The molecular weight excluding hydrogens is 192 g/mol. The maximum absolute atomic E-state index is 11.4. The number of hydrogen-bond acceptors (Lipinski definition) is 3. The van der Waals surface area contributed by atoms with Crippen molar-refractivity contribution < 1.29 is 9.90 Å². The molecular formula is C11H16N2O2. The van der Waals surface area contributed by atoms with Crippen LogP contribution in [0.25, 0.3) is 0 Å². The molecule has 1 aromatic rings. The lowest BCUT2D eigenvalue weighted by molar-refractivity contribution is -0.121. The van der Waals surface area contributed by atoms with E-state index in [1.165, 1.54) is 0 Å². The van der Waals surface area contributed by atoms with Gasteiger partial charge in [-0.2, -0.15) is 0 Å². The summed E-state index contributed by atoms with van der Waals surface area (Å²) < 4.78 is 0. The number of nitrogens with one attached hydrogen (secondary N) is 1. The third-order valence-corrected chi connectivity index (χ3v) is 1.79. The Balaban J connectivity index is 2.38. The molecule has 4 heteroatoms. The van der Waals surface area contributed by atoms with Gasteiger partial charge in [0.25, 0.3) is 0 Å². The van der Waals surface area contributed by atoms with Crippen LogP contribution in [0.3, 0.4) is 0 Å². The van der Waals surface area contributed by atoms with Crippen LogP contribution in [0.2, 0.25) is 0 Å². The van der Waals surface area contributed by atoms with Crippen LogP contribution in [0.4, 0.5) is 0 Å². The summed E-state index contributed by atoms with van der Waals surface area (Å²) in [7, 11) is 0. The molecule has 0 aliphatic carbocycles. The number of aromatic nitrogens is 1. The van der Waals surface area contributed by atoms with Crippen molar-refractivity contribution >= 4 is 5.91 Å². The van der Waals surface area contributed by atoms with Crippen molar-refractivity contribution in [3.05, 3.63) is 30.1 Å². The van der Waals surface area contributed by atoms with Crippen molar-refractivity contribution in [3.63, 3.8) is 0 Å². The second-order valence-electron chi connectivity index (χ2n) is 4.09. The van der Waals surface area contributed by atoms with E-state index in [2.05, 4.69) is 10.3 Å². The molecule has 0 unspecified atom stereocenters. The van der Waals surface area contributed by atoms with E-state index >= 15 is 0 Å². The van der Waals surface area contributed by atoms with Crippen LogP contribution in [0.1, 0.15) is 19.5 Å². The Morgan fingerprint density at radius 2 is 2.27 bits per heavy atom. The second-order valence-corrected chi connectivity index (χ2v) is 4.09. The summed E-state index contributed by atoms with van der Waals surface area (Å²) in [5.74, 6) is -0.129. The fraction of sp³-hybridized carbons (Fsp3) is 0.455. The van der Waals surface area contributed by atoms with Crippen molar-refractivity contribution in [1.82, 2.24) is 10.3 Å². The van der Waals surface area contributed by atoms with E-state index in [0.717, 1.165) is 5.69 Å². The number of nitrogens with zero attached hydrogens (tertiary/aromatic N) is 1. The number of aliphatic hydroxyl groups is 1. The Bertz CT molecular complexity index is 317. The molecule has 0 aliphatic rings. The third kappa shape index (κ3) is 5.12. The molecule has 0 spiro atoms. The SMILES string of the molecule is CC(C)(O)CNC(=O)Cc1ccccn1. The number of carbonyl (C=O) groups is 1. The standard InChI is InChI=1S/C11H16N2O2/c1-11(2,15)8-13-10(14)7-9-5-3-4-6-12-9/h3-6,15H,7-8H2,1-2H3,(H,13,14). The lowest BCUT2D eigenvalue weighted by Crippen LogP contribution is -2.38. The smallest absolute Gasteiger partial charge is 0.226 e. The molecule has 1 rings (SSSR count). The number of carbonyl (C=O) groups excluding carboxylic acids is 1. The van der Waals surface area contributed by atoms with Crippen LogP contribution in [-0.4, -0.2) is 28.1 Å². The van der Waals surface area contributed by atoms with Gasteiger partial charge in [0.2, 0.25) is 5.91 Å². The van der Waals surface area contributed by atoms with Crippen molar-refractivity contribution in [1.29, 1.82) is 0 Å². The van der Waals surface area contributed by atoms with Crippen LogP contribution in [0.5, 0.6) is 0 Å². The molecule has 1 amide bonds. The van der Waals surface area contributed by atoms with Crippen molar-refractivity contribution in [3.8, 4) is 0 Å². The van der Waals surface area contributed by atoms with Crippen molar-refractivity contribution in [2.45, 2.75) is 25.9 Å². The minimum absolute atomic E-state index is 0.129. The molecule has 15 heavy (non-hydrogen) atoms. The molecule has 0 atom stereocenters. The molecule has 0 saturated carbocycles. The molecule has 1 heterocycles. The number of amides is 1. The summed E-state index contributed by atoms with van der Waals surface area (Å²) in [4.78, 5) is 15.4. The van der Waals surface area contributed by atoms with E-state index in [4.69, 9.17) is 0 Å². The first kappa shape index (κ1) is 11.7. The Morgan fingerprint density at radius 3 is 2.80 bits per heavy atom. The van der Waals surface area contributed by atoms with Crippen molar-refractivity contribution in [2.24, 2.45) is 0 Å². The fourth-order valence-corrected chi connectivity index (χ4v) is 1.04.